The van der Waals surface area contributed by atoms with Gasteiger partial charge in [0.15, 0.2) is 0 Å². The highest BCUT2D eigenvalue weighted by atomic mass is 32.2. The molecule has 6 nitrogen and oxygen atoms in total. The molecule has 0 unspecified atom stereocenters. The van der Waals surface area contributed by atoms with E-state index >= 15 is 0 Å². The molecule has 0 aliphatic rings. The second kappa shape index (κ2) is 8.51. The Bertz CT molecular complexity index is 1290. The Morgan fingerprint density at radius 1 is 1.17 bits per heavy atom. The van der Waals surface area contributed by atoms with Crippen molar-refractivity contribution in [2.24, 2.45) is 0 Å². The van der Waals surface area contributed by atoms with Gasteiger partial charge in [-0.05, 0) is 55.1 Å². The van der Waals surface area contributed by atoms with Crippen molar-refractivity contribution >= 4 is 34.3 Å². The standard InChI is InChI=1S/C23H20N4O2S/c1-15-19(22(28)26-17-6-3-7-18(11-17)30-2)12-20-21(25-15)8-10-27(23(20)29)14-16-5-4-9-24-13-16/h3-13H,14H2,1-2H3,(H,26,28). The molecular weight excluding hydrogens is 396 g/mol. The average Bonchev–Trinajstić information content (AvgIpc) is 2.76. The van der Waals surface area contributed by atoms with Crippen LogP contribution in [0.25, 0.3) is 10.9 Å². The zero-order chi connectivity index (χ0) is 21.1. The molecule has 0 atom stereocenters. The summed E-state index contributed by atoms with van der Waals surface area (Å²) in [4.78, 5) is 35.6. The lowest BCUT2D eigenvalue weighted by atomic mass is 10.1. The van der Waals surface area contributed by atoms with Crippen LogP contribution in [-0.2, 0) is 6.54 Å². The molecule has 7 heteroatoms. The van der Waals surface area contributed by atoms with E-state index < -0.39 is 0 Å². The summed E-state index contributed by atoms with van der Waals surface area (Å²) < 4.78 is 1.60. The molecule has 4 aromatic rings. The molecule has 0 spiro atoms. The van der Waals surface area contributed by atoms with E-state index in [0.29, 0.717) is 34.4 Å². The summed E-state index contributed by atoms with van der Waals surface area (Å²) in [5.74, 6) is -0.290. The van der Waals surface area contributed by atoms with Crippen molar-refractivity contribution in [3.8, 4) is 0 Å². The summed E-state index contributed by atoms with van der Waals surface area (Å²) in [6, 6.07) is 14.8. The molecule has 0 fully saturated rings. The van der Waals surface area contributed by atoms with Crippen molar-refractivity contribution in [1.29, 1.82) is 0 Å². The number of anilines is 1. The van der Waals surface area contributed by atoms with E-state index in [1.807, 2.05) is 42.7 Å². The molecule has 150 valence electrons. The number of hydrogen-bond acceptors (Lipinski definition) is 5. The van der Waals surface area contributed by atoms with Crippen molar-refractivity contribution in [2.45, 2.75) is 18.4 Å². The highest BCUT2D eigenvalue weighted by Gasteiger charge is 2.15. The number of fused-ring (bicyclic) bond motifs is 1. The van der Waals surface area contributed by atoms with Gasteiger partial charge in [0.25, 0.3) is 11.5 Å². The molecule has 1 N–H and O–H groups in total. The van der Waals surface area contributed by atoms with Crippen molar-refractivity contribution in [1.82, 2.24) is 14.5 Å². The summed E-state index contributed by atoms with van der Waals surface area (Å²) >= 11 is 1.60. The number of aryl methyl sites for hydroxylation is 1. The van der Waals surface area contributed by atoms with Crippen LogP contribution < -0.4 is 10.9 Å². The maximum atomic E-state index is 13.0. The molecule has 0 aliphatic heterocycles. The minimum absolute atomic E-state index is 0.192. The number of carbonyl (C=O) groups is 1. The number of benzene rings is 1. The Morgan fingerprint density at radius 3 is 2.80 bits per heavy atom. The molecule has 1 aromatic carbocycles. The van der Waals surface area contributed by atoms with Crippen LogP contribution in [0.5, 0.6) is 0 Å². The summed E-state index contributed by atoms with van der Waals surface area (Å²) in [7, 11) is 0. The number of rotatable bonds is 5. The Balaban J connectivity index is 1.69. The minimum atomic E-state index is -0.290. The third-order valence-corrected chi connectivity index (χ3v) is 5.52. The Kier molecular flexibility index (Phi) is 5.63. The minimum Gasteiger partial charge on any atom is -0.322 e. The number of pyridine rings is 3. The second-order valence-corrected chi connectivity index (χ2v) is 7.73. The topological polar surface area (TPSA) is 76.9 Å². The van der Waals surface area contributed by atoms with Crippen LogP contribution in [-0.4, -0.2) is 26.7 Å². The van der Waals surface area contributed by atoms with Gasteiger partial charge in [0.05, 0.1) is 28.7 Å². The van der Waals surface area contributed by atoms with E-state index in [0.717, 1.165) is 10.5 Å². The van der Waals surface area contributed by atoms with E-state index in [2.05, 4.69) is 15.3 Å². The number of aromatic nitrogens is 3. The van der Waals surface area contributed by atoms with Gasteiger partial charge in [-0.3, -0.25) is 19.6 Å². The fourth-order valence-corrected chi connectivity index (χ4v) is 3.71. The van der Waals surface area contributed by atoms with Gasteiger partial charge >= 0.3 is 0 Å². The van der Waals surface area contributed by atoms with Gasteiger partial charge in [-0.15, -0.1) is 11.8 Å². The molecule has 0 radical (unpaired) electrons. The normalized spacial score (nSPS) is 10.9. The highest BCUT2D eigenvalue weighted by molar-refractivity contribution is 7.98. The van der Waals surface area contributed by atoms with Gasteiger partial charge in [-0.2, -0.15) is 0 Å². The first-order valence-corrected chi connectivity index (χ1v) is 10.6. The van der Waals surface area contributed by atoms with Crippen molar-refractivity contribution in [3.05, 3.63) is 94.3 Å². The number of carbonyl (C=O) groups excluding carboxylic acids is 1. The van der Waals surface area contributed by atoms with E-state index in [1.165, 1.54) is 0 Å². The molecule has 4 rings (SSSR count). The van der Waals surface area contributed by atoms with Gasteiger partial charge in [0, 0.05) is 29.2 Å². The lowest BCUT2D eigenvalue weighted by Gasteiger charge is -2.11. The predicted molar refractivity (Wildman–Crippen MR) is 120 cm³/mol. The van der Waals surface area contributed by atoms with Gasteiger partial charge in [-0.1, -0.05) is 12.1 Å². The van der Waals surface area contributed by atoms with E-state index in [1.54, 1.807) is 54.0 Å². The van der Waals surface area contributed by atoms with Crippen LogP contribution in [0.2, 0.25) is 0 Å². The van der Waals surface area contributed by atoms with Crippen molar-refractivity contribution in [3.63, 3.8) is 0 Å². The van der Waals surface area contributed by atoms with Crippen LogP contribution >= 0.6 is 11.8 Å². The Hall–Kier alpha value is -3.45. The third-order valence-electron chi connectivity index (χ3n) is 4.79. The zero-order valence-corrected chi connectivity index (χ0v) is 17.4. The average molecular weight is 417 g/mol. The van der Waals surface area contributed by atoms with E-state index in [-0.39, 0.29) is 11.5 Å². The fourth-order valence-electron chi connectivity index (χ4n) is 3.25. The molecule has 3 heterocycles. The number of thioether (sulfide) groups is 1. The third kappa shape index (κ3) is 4.11. The van der Waals surface area contributed by atoms with Crippen molar-refractivity contribution < 1.29 is 4.79 Å². The first-order chi connectivity index (χ1) is 14.5. The number of hydrogen-bond donors (Lipinski definition) is 1. The largest absolute Gasteiger partial charge is 0.322 e. The van der Waals surface area contributed by atoms with E-state index in [9.17, 15) is 9.59 Å². The molecule has 0 saturated carbocycles. The number of nitrogens with zero attached hydrogens (tertiary/aromatic N) is 3. The molecule has 30 heavy (non-hydrogen) atoms. The van der Waals surface area contributed by atoms with E-state index in [4.69, 9.17) is 0 Å². The first-order valence-electron chi connectivity index (χ1n) is 9.40. The maximum Gasteiger partial charge on any atom is 0.260 e. The van der Waals surface area contributed by atoms with Crippen LogP contribution in [0.1, 0.15) is 21.6 Å². The fraction of sp³-hybridized carbons (Fsp3) is 0.130. The van der Waals surface area contributed by atoms with Crippen LogP contribution in [0.4, 0.5) is 5.69 Å². The predicted octanol–water partition coefficient (Wildman–Crippen LogP) is 4.12. The summed E-state index contributed by atoms with van der Waals surface area (Å²) in [6.45, 7) is 2.17. The maximum absolute atomic E-state index is 13.0. The van der Waals surface area contributed by atoms with Gasteiger partial charge in [0.2, 0.25) is 0 Å². The molecule has 1 amide bonds. The molecule has 0 bridgehead atoms. The number of nitrogens with one attached hydrogen (secondary N) is 1. The Labute approximate surface area is 178 Å². The van der Waals surface area contributed by atoms with Crippen LogP contribution in [0, 0.1) is 6.92 Å². The first kappa shape index (κ1) is 19.8. The summed E-state index contributed by atoms with van der Waals surface area (Å²) in [5, 5.41) is 3.32. The number of amides is 1. The lowest BCUT2D eigenvalue weighted by Crippen LogP contribution is -2.22. The summed E-state index contributed by atoms with van der Waals surface area (Å²) in [5.41, 5.74) is 2.96. The highest BCUT2D eigenvalue weighted by Crippen LogP contribution is 2.21. The van der Waals surface area contributed by atoms with Gasteiger partial charge < -0.3 is 9.88 Å². The molecule has 0 aliphatic carbocycles. The van der Waals surface area contributed by atoms with Gasteiger partial charge in [-0.25, -0.2) is 0 Å². The quantitative estimate of drug-likeness (QED) is 0.495. The smallest absolute Gasteiger partial charge is 0.260 e. The lowest BCUT2D eigenvalue weighted by molar-refractivity contribution is 0.102. The monoisotopic (exact) mass is 416 g/mol. The summed E-state index contributed by atoms with van der Waals surface area (Å²) in [6.07, 6.45) is 7.12. The molecule has 3 aromatic heterocycles. The molecular formula is C23H20N4O2S. The second-order valence-electron chi connectivity index (χ2n) is 6.85. The molecule has 0 saturated heterocycles. The van der Waals surface area contributed by atoms with Crippen molar-refractivity contribution in [2.75, 3.05) is 11.6 Å². The Morgan fingerprint density at radius 2 is 2.03 bits per heavy atom. The van der Waals surface area contributed by atoms with Crippen LogP contribution in [0.3, 0.4) is 0 Å². The SMILES string of the molecule is CSc1cccc(NC(=O)c2cc3c(=O)n(Cc4cccnc4)ccc3nc2C)c1. The zero-order valence-electron chi connectivity index (χ0n) is 16.6. The van der Waals surface area contributed by atoms with Crippen LogP contribution in [0.15, 0.2) is 76.8 Å². The van der Waals surface area contributed by atoms with Gasteiger partial charge in [0.1, 0.15) is 0 Å².